The Bertz CT molecular complexity index is 871. The van der Waals surface area contributed by atoms with Crippen LogP contribution in [0.15, 0.2) is 79.5 Å². The molecule has 0 aromatic heterocycles. The smallest absolute Gasteiger partial charge is 1.00 e. The van der Waals surface area contributed by atoms with Gasteiger partial charge in [0.25, 0.3) is 0 Å². The molecule has 3 heteroatoms. The van der Waals surface area contributed by atoms with Gasteiger partial charge in [-0.3, -0.25) is 0 Å². The Morgan fingerprint density at radius 1 is 0.667 bits per heavy atom. The van der Waals surface area contributed by atoms with E-state index in [-0.39, 0.29) is 24.8 Å². The number of rotatable bonds is 4. The molecular formula is C24H22Cl2Hf. The zero-order chi connectivity index (χ0) is 17.2. The molecule has 2 aromatic carbocycles. The van der Waals surface area contributed by atoms with Crippen molar-refractivity contribution in [3.05, 3.63) is 102 Å². The second kappa shape index (κ2) is 9.87. The van der Waals surface area contributed by atoms with Crippen LogP contribution >= 0.6 is 0 Å². The zero-order valence-electron chi connectivity index (χ0n) is 15.6. The molecule has 4 rings (SSSR count). The van der Waals surface area contributed by atoms with Crippen LogP contribution in [0.2, 0.25) is 0 Å². The van der Waals surface area contributed by atoms with Crippen LogP contribution < -0.4 is 24.8 Å². The standard InChI is InChI=1S/2C12H11.2ClH.Hf/c2*1-10-5-4-8-12(9-10)11-6-2-3-7-11;;;/h2*2,4-6,8-9H,3H2,1H3;2*1H;/q;;;;+2/p-2. The van der Waals surface area contributed by atoms with Crippen molar-refractivity contribution in [1.82, 2.24) is 0 Å². The van der Waals surface area contributed by atoms with Gasteiger partial charge in [-0.05, 0) is 0 Å². The molecule has 136 valence electrons. The average Bonchev–Trinajstić information content (AvgIpc) is 3.25. The number of allylic oxidation sites excluding steroid dienone is 8. The van der Waals surface area contributed by atoms with E-state index in [1.54, 1.807) is 6.66 Å². The molecule has 0 saturated carbocycles. The molecule has 0 aliphatic heterocycles. The molecule has 0 fully saturated rings. The maximum Gasteiger partial charge on any atom is -1.00 e. The number of hydrogen-bond acceptors (Lipinski definition) is 0. The first-order valence-electron chi connectivity index (χ1n) is 8.91. The molecular weight excluding hydrogens is 538 g/mol. The molecule has 2 aliphatic carbocycles. The number of halogens is 2. The van der Waals surface area contributed by atoms with Gasteiger partial charge < -0.3 is 24.8 Å². The second-order valence-electron chi connectivity index (χ2n) is 6.86. The third-order valence-corrected chi connectivity index (χ3v) is 10.4. The minimum Gasteiger partial charge on any atom is -1.00 e. The van der Waals surface area contributed by atoms with Gasteiger partial charge in [-0.25, -0.2) is 0 Å². The summed E-state index contributed by atoms with van der Waals surface area (Å²) < 4.78 is 3.49. The topological polar surface area (TPSA) is 0 Å². The summed E-state index contributed by atoms with van der Waals surface area (Å²) >= 11 is -1.00. The van der Waals surface area contributed by atoms with Crippen LogP contribution in [0.4, 0.5) is 0 Å². The summed E-state index contributed by atoms with van der Waals surface area (Å²) in [6.45, 7) is 4.37. The van der Waals surface area contributed by atoms with E-state index < -0.39 is 22.9 Å². The van der Waals surface area contributed by atoms with Gasteiger partial charge in [-0.15, -0.1) is 0 Å². The van der Waals surface area contributed by atoms with E-state index in [4.69, 9.17) is 0 Å². The minimum absolute atomic E-state index is 0. The molecule has 2 aromatic rings. The molecule has 27 heavy (non-hydrogen) atoms. The van der Waals surface area contributed by atoms with Gasteiger partial charge in [0.1, 0.15) is 0 Å². The average molecular weight is 560 g/mol. The molecule has 0 N–H and O–H groups in total. The molecule has 0 amide bonds. The summed E-state index contributed by atoms with van der Waals surface area (Å²) in [4.78, 5) is 0. The van der Waals surface area contributed by atoms with E-state index in [1.165, 1.54) is 33.4 Å². The fraction of sp³-hybridized carbons (Fsp3) is 0.167. The van der Waals surface area contributed by atoms with Gasteiger partial charge in [0.05, 0.1) is 0 Å². The Labute approximate surface area is 186 Å². The van der Waals surface area contributed by atoms with E-state index >= 15 is 0 Å². The molecule has 0 bridgehead atoms. The zero-order valence-corrected chi connectivity index (χ0v) is 20.7. The van der Waals surface area contributed by atoms with Crippen molar-refractivity contribution >= 4 is 11.1 Å². The molecule has 0 unspecified atom stereocenters. The third kappa shape index (κ3) is 5.02. The molecule has 0 heterocycles. The van der Waals surface area contributed by atoms with E-state index in [1.807, 2.05) is 0 Å². The van der Waals surface area contributed by atoms with Gasteiger partial charge in [-0.2, -0.15) is 0 Å². The summed E-state index contributed by atoms with van der Waals surface area (Å²) in [7, 11) is 0. The number of aryl methyl sites for hydroxylation is 2. The number of benzene rings is 2. The monoisotopic (exact) mass is 560 g/mol. The normalized spacial score (nSPS) is 14.9. The second-order valence-corrected chi connectivity index (χ2v) is 12.1. The van der Waals surface area contributed by atoms with E-state index in [9.17, 15) is 0 Å². The Hall–Kier alpha value is -1.15. The van der Waals surface area contributed by atoms with Crippen molar-refractivity contribution in [2.45, 2.75) is 26.7 Å². The first-order chi connectivity index (χ1) is 12.2. The van der Waals surface area contributed by atoms with Crippen LogP contribution in [0.1, 0.15) is 35.1 Å². The largest absolute Gasteiger partial charge is 1.00 e. The quantitative estimate of drug-likeness (QED) is 0.477. The Morgan fingerprint density at radius 3 is 1.52 bits per heavy atom. The van der Waals surface area contributed by atoms with Gasteiger partial charge in [-0.1, -0.05) is 0 Å². The fourth-order valence-electron chi connectivity index (χ4n) is 3.60. The van der Waals surface area contributed by atoms with Crippen LogP contribution in [-0.4, -0.2) is 0 Å². The van der Waals surface area contributed by atoms with Gasteiger partial charge >= 0.3 is 162 Å². The Kier molecular flexibility index (Phi) is 8.09. The van der Waals surface area contributed by atoms with Gasteiger partial charge in [0, 0.05) is 0 Å². The van der Waals surface area contributed by atoms with Crippen LogP contribution in [0, 0.1) is 13.8 Å². The molecule has 0 spiro atoms. The van der Waals surface area contributed by atoms with Gasteiger partial charge in [0.2, 0.25) is 0 Å². The first kappa shape index (κ1) is 22.1. The van der Waals surface area contributed by atoms with Crippen molar-refractivity contribution in [1.29, 1.82) is 0 Å². The van der Waals surface area contributed by atoms with E-state index in [0.29, 0.717) is 0 Å². The summed E-state index contributed by atoms with van der Waals surface area (Å²) in [5, 5.41) is 0. The maximum absolute atomic E-state index is 2.36. The van der Waals surface area contributed by atoms with Crippen LogP contribution in [-0.2, 0) is 22.9 Å². The molecule has 0 nitrogen and oxygen atoms in total. The van der Waals surface area contributed by atoms with Crippen LogP contribution in [0.5, 0.6) is 0 Å². The predicted octanol–water partition coefficient (Wildman–Crippen LogP) is 0.436. The molecule has 2 aliphatic rings. The van der Waals surface area contributed by atoms with Crippen molar-refractivity contribution in [2.24, 2.45) is 0 Å². The van der Waals surface area contributed by atoms with E-state index in [2.05, 4.69) is 86.7 Å². The summed E-state index contributed by atoms with van der Waals surface area (Å²) in [6, 6.07) is 17.9. The maximum atomic E-state index is 2.36. The third-order valence-electron chi connectivity index (χ3n) is 4.82. The predicted molar refractivity (Wildman–Crippen MR) is 104 cm³/mol. The van der Waals surface area contributed by atoms with Gasteiger partial charge in [0.15, 0.2) is 0 Å². The van der Waals surface area contributed by atoms with E-state index in [0.717, 1.165) is 12.8 Å². The Morgan fingerprint density at radius 2 is 1.11 bits per heavy atom. The van der Waals surface area contributed by atoms with Crippen molar-refractivity contribution in [3.8, 4) is 0 Å². The molecule has 0 saturated heterocycles. The van der Waals surface area contributed by atoms with Crippen molar-refractivity contribution in [2.75, 3.05) is 0 Å². The van der Waals surface area contributed by atoms with Crippen molar-refractivity contribution < 1.29 is 47.7 Å². The fourth-order valence-corrected chi connectivity index (χ4v) is 9.09. The van der Waals surface area contributed by atoms with Crippen LogP contribution in [0.25, 0.3) is 11.1 Å². The SMILES string of the molecule is Cc1cccc(C2=[C]([Hf+2][C]3=C(c4cccc(C)c4)C=CC3)CC=C2)c1.[Cl-].[Cl-]. The molecule has 0 atom stereocenters. The summed E-state index contributed by atoms with van der Waals surface area (Å²) in [6.07, 6.45) is 11.7. The Balaban J connectivity index is 0.00000131. The first-order valence-corrected chi connectivity index (χ1v) is 12.5. The minimum atomic E-state index is -1.00. The summed E-state index contributed by atoms with van der Waals surface area (Å²) in [5.74, 6) is 0. The summed E-state index contributed by atoms with van der Waals surface area (Å²) in [5.41, 5.74) is 8.52. The van der Waals surface area contributed by atoms with Crippen LogP contribution in [0.3, 0.4) is 0 Å². The molecule has 0 radical (unpaired) electrons. The number of hydrogen-bond donors (Lipinski definition) is 0. The van der Waals surface area contributed by atoms with Crippen molar-refractivity contribution in [3.63, 3.8) is 0 Å².